The molecule has 110 valence electrons. The first-order valence-electron chi connectivity index (χ1n) is 7.51. The zero-order valence-corrected chi connectivity index (χ0v) is 14.1. The summed E-state index contributed by atoms with van der Waals surface area (Å²) in [5.41, 5.74) is 4.02. The van der Waals surface area contributed by atoms with Gasteiger partial charge in [-0.2, -0.15) is 0 Å². The highest BCUT2D eigenvalue weighted by Gasteiger charge is 2.06. The second-order valence-corrected chi connectivity index (χ2v) is 6.16. The molecule has 0 bridgehead atoms. The van der Waals surface area contributed by atoms with Crippen molar-refractivity contribution in [1.29, 1.82) is 0 Å². The summed E-state index contributed by atoms with van der Waals surface area (Å²) in [7, 11) is 0. The molecule has 0 saturated heterocycles. The van der Waals surface area contributed by atoms with Crippen LogP contribution in [0.15, 0.2) is 35.9 Å². The summed E-state index contributed by atoms with van der Waals surface area (Å²) in [4.78, 5) is 2.49. The summed E-state index contributed by atoms with van der Waals surface area (Å²) < 4.78 is 0. The van der Waals surface area contributed by atoms with Crippen LogP contribution in [-0.2, 0) is 6.42 Å². The number of benzene rings is 1. The molecule has 0 aliphatic carbocycles. The van der Waals surface area contributed by atoms with E-state index in [-0.39, 0.29) is 0 Å². The molecule has 0 atom stereocenters. The second kappa shape index (κ2) is 8.91. The molecule has 1 aromatic carbocycles. The highest BCUT2D eigenvalue weighted by molar-refractivity contribution is 8.11. The third-order valence-electron chi connectivity index (χ3n) is 3.26. The number of aryl methyl sites for hydroxylation is 2. The number of hydrogen-bond acceptors (Lipinski definition) is 2. The van der Waals surface area contributed by atoms with E-state index in [9.17, 15) is 0 Å². The average Bonchev–Trinajstić information content (AvgIpc) is 2.44. The molecule has 1 N–H and O–H groups in total. The van der Waals surface area contributed by atoms with Crippen LogP contribution in [0.2, 0.25) is 0 Å². The molecule has 0 fully saturated rings. The first-order chi connectivity index (χ1) is 9.62. The van der Waals surface area contributed by atoms with Gasteiger partial charge >= 0.3 is 0 Å². The molecule has 0 radical (unpaired) electrons. The highest BCUT2D eigenvalue weighted by Crippen LogP contribution is 2.34. The van der Waals surface area contributed by atoms with Gasteiger partial charge in [-0.15, -0.1) is 0 Å². The molecule has 1 aromatic rings. The molecule has 0 aromatic heterocycles. The molecule has 0 saturated carbocycles. The standard InChI is InChI=1S/C18H27NS/c1-6-9-18(13-19-8-3)20-15(5)17-11-10-16(7-2)14(4)12-17/h10-13,19H,5-9H2,1-4H3/b18-13+. The van der Waals surface area contributed by atoms with E-state index in [2.05, 4.69) is 64.0 Å². The van der Waals surface area contributed by atoms with E-state index in [1.54, 1.807) is 11.8 Å². The Labute approximate surface area is 128 Å². The van der Waals surface area contributed by atoms with Gasteiger partial charge in [0.15, 0.2) is 0 Å². The van der Waals surface area contributed by atoms with Crippen LogP contribution in [0, 0.1) is 6.92 Å². The van der Waals surface area contributed by atoms with Crippen LogP contribution in [-0.4, -0.2) is 6.54 Å². The van der Waals surface area contributed by atoms with Gasteiger partial charge in [-0.25, -0.2) is 0 Å². The molecule has 20 heavy (non-hydrogen) atoms. The number of nitrogens with one attached hydrogen (secondary N) is 1. The monoisotopic (exact) mass is 289 g/mol. The van der Waals surface area contributed by atoms with Crippen LogP contribution < -0.4 is 5.32 Å². The average molecular weight is 289 g/mol. The van der Waals surface area contributed by atoms with Crippen LogP contribution in [0.5, 0.6) is 0 Å². The minimum atomic E-state index is 0.963. The summed E-state index contributed by atoms with van der Waals surface area (Å²) in [6.45, 7) is 13.9. The summed E-state index contributed by atoms with van der Waals surface area (Å²) in [5, 5.41) is 3.30. The highest BCUT2D eigenvalue weighted by atomic mass is 32.2. The molecule has 0 unspecified atom stereocenters. The maximum absolute atomic E-state index is 4.25. The normalized spacial score (nSPS) is 11.5. The minimum absolute atomic E-state index is 0.963. The molecule has 0 amide bonds. The van der Waals surface area contributed by atoms with Gasteiger partial charge in [-0.3, -0.25) is 0 Å². The molecular weight excluding hydrogens is 262 g/mol. The lowest BCUT2D eigenvalue weighted by atomic mass is 10.0. The number of rotatable bonds is 8. The van der Waals surface area contributed by atoms with Gasteiger partial charge in [0.05, 0.1) is 0 Å². The van der Waals surface area contributed by atoms with E-state index >= 15 is 0 Å². The molecule has 0 aliphatic rings. The van der Waals surface area contributed by atoms with Gasteiger partial charge in [0, 0.05) is 22.6 Å². The SMILES string of the molecule is C=C(S/C(=C/NCC)CCC)c1ccc(CC)c(C)c1. The van der Waals surface area contributed by atoms with Crippen molar-refractivity contribution in [3.8, 4) is 0 Å². The van der Waals surface area contributed by atoms with Crippen LogP contribution in [0.25, 0.3) is 4.91 Å². The lowest BCUT2D eigenvalue weighted by molar-refractivity contribution is 0.885. The summed E-state index contributed by atoms with van der Waals surface area (Å²) >= 11 is 1.79. The van der Waals surface area contributed by atoms with E-state index in [1.807, 2.05) is 0 Å². The molecule has 1 rings (SSSR count). The van der Waals surface area contributed by atoms with Gasteiger partial charge in [-0.05, 0) is 43.4 Å². The van der Waals surface area contributed by atoms with Gasteiger partial charge in [0.1, 0.15) is 0 Å². The van der Waals surface area contributed by atoms with Gasteiger partial charge in [0.25, 0.3) is 0 Å². The predicted molar refractivity (Wildman–Crippen MR) is 93.8 cm³/mol. The zero-order chi connectivity index (χ0) is 15.0. The Kier molecular flexibility index (Phi) is 7.53. The summed E-state index contributed by atoms with van der Waals surface area (Å²) in [6.07, 6.45) is 5.48. The zero-order valence-electron chi connectivity index (χ0n) is 13.3. The maximum Gasteiger partial charge on any atom is 0.0120 e. The van der Waals surface area contributed by atoms with Crippen molar-refractivity contribution >= 4 is 16.7 Å². The molecule has 1 nitrogen and oxygen atoms in total. The Morgan fingerprint density at radius 1 is 1.30 bits per heavy atom. The molecular formula is C18H27NS. The maximum atomic E-state index is 4.25. The van der Waals surface area contributed by atoms with E-state index in [0.717, 1.165) is 30.7 Å². The van der Waals surface area contributed by atoms with Crippen molar-refractivity contribution in [2.75, 3.05) is 6.54 Å². The number of hydrogen-bond donors (Lipinski definition) is 1. The predicted octanol–water partition coefficient (Wildman–Crippen LogP) is 5.51. The Bertz CT molecular complexity index is 474. The largest absolute Gasteiger partial charge is 0.391 e. The number of allylic oxidation sites excluding steroid dienone is 1. The van der Waals surface area contributed by atoms with Crippen LogP contribution in [0.1, 0.15) is 50.3 Å². The van der Waals surface area contributed by atoms with Gasteiger partial charge < -0.3 is 5.32 Å². The first kappa shape index (κ1) is 16.9. The molecule has 0 aliphatic heterocycles. The quantitative estimate of drug-likeness (QED) is 0.677. The van der Waals surface area contributed by atoms with Gasteiger partial charge in [0.2, 0.25) is 0 Å². The lowest BCUT2D eigenvalue weighted by Crippen LogP contribution is -2.03. The Balaban J connectivity index is 2.80. The van der Waals surface area contributed by atoms with Crippen molar-refractivity contribution in [2.45, 2.75) is 47.0 Å². The van der Waals surface area contributed by atoms with Gasteiger partial charge in [-0.1, -0.05) is 56.8 Å². The topological polar surface area (TPSA) is 12.0 Å². The second-order valence-electron chi connectivity index (χ2n) is 4.94. The van der Waals surface area contributed by atoms with E-state index in [0.29, 0.717) is 0 Å². The van der Waals surface area contributed by atoms with Crippen molar-refractivity contribution in [2.24, 2.45) is 0 Å². The first-order valence-corrected chi connectivity index (χ1v) is 8.33. The molecule has 2 heteroatoms. The Morgan fingerprint density at radius 2 is 2.05 bits per heavy atom. The molecule has 0 spiro atoms. The smallest absolute Gasteiger partial charge is 0.0120 e. The fourth-order valence-corrected chi connectivity index (χ4v) is 3.11. The minimum Gasteiger partial charge on any atom is -0.391 e. The lowest BCUT2D eigenvalue weighted by Gasteiger charge is -2.12. The van der Waals surface area contributed by atoms with Crippen molar-refractivity contribution in [3.05, 3.63) is 52.6 Å². The number of thioether (sulfide) groups is 1. The Hall–Kier alpha value is -1.15. The molecule has 0 heterocycles. The van der Waals surface area contributed by atoms with E-state index < -0.39 is 0 Å². The van der Waals surface area contributed by atoms with Crippen molar-refractivity contribution < 1.29 is 0 Å². The summed E-state index contributed by atoms with van der Waals surface area (Å²) in [6, 6.07) is 6.67. The third-order valence-corrected chi connectivity index (χ3v) is 4.33. The van der Waals surface area contributed by atoms with Crippen LogP contribution >= 0.6 is 11.8 Å². The summed E-state index contributed by atoms with van der Waals surface area (Å²) in [5.74, 6) is 0. The van der Waals surface area contributed by atoms with Crippen LogP contribution in [0.3, 0.4) is 0 Å². The van der Waals surface area contributed by atoms with Crippen molar-refractivity contribution in [1.82, 2.24) is 5.32 Å². The van der Waals surface area contributed by atoms with Crippen LogP contribution in [0.4, 0.5) is 0 Å². The Morgan fingerprint density at radius 3 is 2.60 bits per heavy atom. The fourth-order valence-electron chi connectivity index (χ4n) is 2.10. The van der Waals surface area contributed by atoms with Crippen molar-refractivity contribution in [3.63, 3.8) is 0 Å². The van der Waals surface area contributed by atoms with E-state index in [4.69, 9.17) is 0 Å². The fraction of sp³-hybridized carbons (Fsp3) is 0.444. The van der Waals surface area contributed by atoms with E-state index in [1.165, 1.54) is 21.6 Å². The third kappa shape index (κ3) is 5.09.